The maximum absolute atomic E-state index is 15.0. The number of carbonyl (C=O) groups excluding carboxylic acids is 2. The van der Waals surface area contributed by atoms with Gasteiger partial charge < -0.3 is 25.6 Å². The van der Waals surface area contributed by atoms with E-state index in [0.717, 1.165) is 6.07 Å². The van der Waals surface area contributed by atoms with Crippen LogP contribution in [-0.2, 0) is 15.8 Å². The number of amides is 2. The number of ether oxygens (including phenoxy) is 2. The number of hydrogen-bond acceptors (Lipinski definition) is 7. The Balaban J connectivity index is 1.42. The third-order valence-corrected chi connectivity index (χ3v) is 8.46. The molecule has 2 atom stereocenters. The number of nitrogens with one attached hydrogen (secondary N) is 1. The maximum atomic E-state index is 15.0. The van der Waals surface area contributed by atoms with E-state index in [-0.39, 0.29) is 46.1 Å². The van der Waals surface area contributed by atoms with E-state index in [2.05, 4.69) is 20.0 Å². The number of aryl methyl sites for hydroxylation is 1. The van der Waals surface area contributed by atoms with Gasteiger partial charge in [0.15, 0.2) is 17.4 Å². The van der Waals surface area contributed by atoms with Crippen LogP contribution in [0.3, 0.4) is 0 Å². The Bertz CT molecular complexity index is 1920. The second-order valence-electron chi connectivity index (χ2n) is 11.8. The van der Waals surface area contributed by atoms with Crippen molar-refractivity contribution in [1.29, 1.82) is 0 Å². The lowest BCUT2D eigenvalue weighted by atomic mass is 9.81. The van der Waals surface area contributed by atoms with Crippen LogP contribution in [0.1, 0.15) is 46.9 Å². The first-order chi connectivity index (χ1) is 21.7. The fourth-order valence-corrected chi connectivity index (χ4v) is 5.66. The van der Waals surface area contributed by atoms with Gasteiger partial charge in [0.2, 0.25) is 5.91 Å². The van der Waals surface area contributed by atoms with Crippen molar-refractivity contribution in [3.8, 4) is 22.8 Å². The summed E-state index contributed by atoms with van der Waals surface area (Å²) in [4.78, 5) is 34.5. The van der Waals surface area contributed by atoms with Crippen LogP contribution in [-0.4, -0.2) is 46.7 Å². The smallest absolute Gasteiger partial charge is 0.387 e. The molecule has 240 valence electrons. The number of hydrogen-bond donors (Lipinski definition) is 3. The number of aromatic nitrogens is 2. The summed E-state index contributed by atoms with van der Waals surface area (Å²) in [7, 11) is 0. The number of nitrogens with two attached hydrogens (primary N) is 1. The van der Waals surface area contributed by atoms with E-state index in [9.17, 15) is 32.3 Å². The molecule has 0 saturated heterocycles. The largest absolute Gasteiger partial charge is 0.489 e. The summed E-state index contributed by atoms with van der Waals surface area (Å²) in [6.45, 7) is -0.686. The Morgan fingerprint density at radius 2 is 1.85 bits per heavy atom. The van der Waals surface area contributed by atoms with Gasteiger partial charge in [-0.3, -0.25) is 14.6 Å². The summed E-state index contributed by atoms with van der Waals surface area (Å²) in [6.07, 6.45) is 2.49. The van der Waals surface area contributed by atoms with Gasteiger partial charge in [0.05, 0.1) is 12.2 Å². The second kappa shape index (κ2) is 11.2. The van der Waals surface area contributed by atoms with Gasteiger partial charge in [-0.25, -0.2) is 18.2 Å². The first kappa shape index (κ1) is 31.1. The molecule has 1 fully saturated rings. The van der Waals surface area contributed by atoms with E-state index in [4.69, 9.17) is 10.5 Å². The van der Waals surface area contributed by atoms with E-state index in [1.807, 2.05) is 0 Å². The van der Waals surface area contributed by atoms with Gasteiger partial charge in [-0.2, -0.15) is 8.78 Å². The van der Waals surface area contributed by atoms with Crippen molar-refractivity contribution in [1.82, 2.24) is 15.3 Å². The number of alkyl halides is 2. The molecule has 2 aromatic carbocycles. The molecular weight excluding hydrogens is 615 g/mol. The fourth-order valence-electron chi connectivity index (χ4n) is 5.66. The summed E-state index contributed by atoms with van der Waals surface area (Å²) in [5.74, 6) is -6.39. The molecular formula is C32H27F5N4O5. The number of pyridine rings is 2. The highest BCUT2D eigenvalue weighted by molar-refractivity contribution is 6.00. The van der Waals surface area contributed by atoms with Crippen molar-refractivity contribution in [3.63, 3.8) is 0 Å². The molecule has 3 heterocycles. The highest BCUT2D eigenvalue weighted by Crippen LogP contribution is 2.50. The van der Waals surface area contributed by atoms with E-state index in [0.29, 0.717) is 35.9 Å². The zero-order valence-corrected chi connectivity index (χ0v) is 24.5. The van der Waals surface area contributed by atoms with Crippen LogP contribution in [0.5, 0.6) is 11.5 Å². The first-order valence-electron chi connectivity index (χ1n) is 14.2. The van der Waals surface area contributed by atoms with Crippen LogP contribution >= 0.6 is 0 Å². The van der Waals surface area contributed by atoms with Crippen molar-refractivity contribution in [2.24, 2.45) is 11.7 Å². The summed E-state index contributed by atoms with van der Waals surface area (Å²) in [5, 5.41) is 15.1. The zero-order valence-electron chi connectivity index (χ0n) is 24.5. The Kier molecular flexibility index (Phi) is 7.58. The predicted octanol–water partition coefficient (Wildman–Crippen LogP) is 4.79. The molecule has 9 nitrogen and oxygen atoms in total. The van der Waals surface area contributed by atoms with Crippen LogP contribution in [0.15, 0.2) is 42.6 Å². The molecule has 2 aliphatic rings. The summed E-state index contributed by atoms with van der Waals surface area (Å²) in [5.41, 5.74) is 2.34. The number of nitrogens with zero attached hydrogens (tertiary/aromatic N) is 2. The Morgan fingerprint density at radius 1 is 1.13 bits per heavy atom. The fraction of sp³-hybridized carbons (Fsp3) is 0.312. The van der Waals surface area contributed by atoms with Gasteiger partial charge in [0.1, 0.15) is 40.4 Å². The quantitative estimate of drug-likeness (QED) is 0.177. The lowest BCUT2D eigenvalue weighted by Gasteiger charge is -2.30. The van der Waals surface area contributed by atoms with Gasteiger partial charge in [-0.15, -0.1) is 0 Å². The SMILES string of the molecule is Cc1cnc2c(OC(F)F)cc(C(=O)NCC(O)(c3cc4c(c(-c5cc(F)c(F)cc5F)n3)OC[C@]4(C)C(N)=O)C3CC3)cc2c1. The number of aliphatic hydroxyl groups is 1. The molecule has 46 heavy (non-hydrogen) atoms. The number of carbonyl (C=O) groups is 2. The summed E-state index contributed by atoms with van der Waals surface area (Å²) < 4.78 is 79.8. The highest BCUT2D eigenvalue weighted by Gasteiger charge is 2.50. The summed E-state index contributed by atoms with van der Waals surface area (Å²) in [6, 6.07) is 6.49. The topological polar surface area (TPSA) is 137 Å². The minimum atomic E-state index is -3.18. The van der Waals surface area contributed by atoms with E-state index in [1.54, 1.807) is 13.0 Å². The predicted molar refractivity (Wildman–Crippen MR) is 154 cm³/mol. The molecule has 14 heteroatoms. The van der Waals surface area contributed by atoms with Crippen molar-refractivity contribution in [3.05, 3.63) is 82.4 Å². The molecule has 1 saturated carbocycles. The molecule has 2 aromatic heterocycles. The Hall–Kier alpha value is -4.85. The van der Waals surface area contributed by atoms with Crippen molar-refractivity contribution in [2.75, 3.05) is 13.2 Å². The Morgan fingerprint density at radius 3 is 2.52 bits per heavy atom. The average molecular weight is 643 g/mol. The minimum absolute atomic E-state index is 0.0603. The monoisotopic (exact) mass is 642 g/mol. The number of benzene rings is 2. The van der Waals surface area contributed by atoms with Crippen molar-refractivity contribution in [2.45, 2.75) is 44.3 Å². The molecule has 0 spiro atoms. The van der Waals surface area contributed by atoms with Crippen LogP contribution in [0.4, 0.5) is 22.0 Å². The molecule has 6 rings (SSSR count). The first-order valence-corrected chi connectivity index (χ1v) is 14.2. The van der Waals surface area contributed by atoms with Gasteiger partial charge >= 0.3 is 6.61 Å². The van der Waals surface area contributed by atoms with Crippen LogP contribution < -0.4 is 20.5 Å². The van der Waals surface area contributed by atoms with Crippen LogP contribution in [0, 0.1) is 30.3 Å². The molecule has 2 amide bonds. The Labute approximate surface area is 258 Å². The summed E-state index contributed by atoms with van der Waals surface area (Å²) >= 11 is 0. The average Bonchev–Trinajstić information content (AvgIpc) is 3.80. The molecule has 4 N–H and O–H groups in total. The third kappa shape index (κ3) is 5.36. The van der Waals surface area contributed by atoms with Gasteiger partial charge in [0, 0.05) is 34.3 Å². The maximum Gasteiger partial charge on any atom is 0.387 e. The molecule has 1 aliphatic heterocycles. The van der Waals surface area contributed by atoms with Crippen LogP contribution in [0.25, 0.3) is 22.2 Å². The standard InChI is InChI=1S/C32H27F5N4O5/c1-14-5-15-6-16(7-23(46-30(36)37)25(15)39-11-14)28(42)40-12-32(44,17-3-4-17)24-9-19-27(45-13-31(19,2)29(38)43)26(41-24)18-8-21(34)22(35)10-20(18)33/h5-11,17,30,44H,3-4,12-13H2,1-2H3,(H2,38,43)(H,40,42)/t31-,32?/m0/s1. The van der Waals surface area contributed by atoms with E-state index >= 15 is 4.39 Å². The lowest BCUT2D eigenvalue weighted by molar-refractivity contribution is -0.123. The molecule has 1 aliphatic carbocycles. The number of fused-ring (bicyclic) bond motifs is 2. The third-order valence-electron chi connectivity index (χ3n) is 8.46. The molecule has 0 radical (unpaired) electrons. The molecule has 4 aromatic rings. The number of halogens is 5. The van der Waals surface area contributed by atoms with Crippen LogP contribution in [0.2, 0.25) is 0 Å². The molecule has 1 unspecified atom stereocenters. The minimum Gasteiger partial charge on any atom is -0.489 e. The lowest BCUT2D eigenvalue weighted by Crippen LogP contribution is -2.44. The molecule has 0 bridgehead atoms. The van der Waals surface area contributed by atoms with Gasteiger partial charge in [0.25, 0.3) is 5.91 Å². The number of rotatable bonds is 9. The van der Waals surface area contributed by atoms with Gasteiger partial charge in [-0.05, 0) is 68.5 Å². The number of primary amides is 1. The van der Waals surface area contributed by atoms with Crippen molar-refractivity contribution < 1.29 is 46.1 Å². The normalized spacial score (nSPS) is 18.6. The van der Waals surface area contributed by atoms with Crippen molar-refractivity contribution >= 4 is 22.7 Å². The van der Waals surface area contributed by atoms with Gasteiger partial charge in [-0.1, -0.05) is 0 Å². The van der Waals surface area contributed by atoms with E-state index < -0.39 is 64.9 Å². The zero-order chi connectivity index (χ0) is 33.1. The second-order valence-corrected chi connectivity index (χ2v) is 11.8. The highest BCUT2D eigenvalue weighted by atomic mass is 19.3. The van der Waals surface area contributed by atoms with E-state index in [1.165, 1.54) is 25.3 Å².